The Hall–Kier alpha value is -2.69. The second kappa shape index (κ2) is 18.5. The standard InChI is InChI=1S/C33H50O5/c1-6-11-21-35-29-18-15-26(10-5)25-27(29)16-17-28(34)32-30(36-22-12-7-2)19-20-31(37-23-13-8-3)33(32)38-24-14-9-4/h15,18-20,25H,6-14,16-17,21-24H2,1-5H3. The average molecular weight is 527 g/mol. The quantitative estimate of drug-likeness (QED) is 0.120. The number of hydrogen-bond donors (Lipinski definition) is 0. The molecule has 0 N–H and O–H groups in total. The van der Waals surface area contributed by atoms with Crippen molar-refractivity contribution in [1.82, 2.24) is 0 Å². The summed E-state index contributed by atoms with van der Waals surface area (Å²) in [7, 11) is 0. The Labute approximate surface area is 231 Å². The molecule has 5 nitrogen and oxygen atoms in total. The van der Waals surface area contributed by atoms with Gasteiger partial charge < -0.3 is 18.9 Å². The molecular weight excluding hydrogens is 476 g/mol. The molecule has 2 aromatic rings. The Morgan fingerprint density at radius 3 is 1.71 bits per heavy atom. The number of Topliss-reactive ketones (excluding diaryl/α,β-unsaturated/α-hetero) is 1. The molecule has 5 heteroatoms. The van der Waals surface area contributed by atoms with Gasteiger partial charge in [-0.25, -0.2) is 0 Å². The van der Waals surface area contributed by atoms with Gasteiger partial charge in [0.05, 0.1) is 26.4 Å². The van der Waals surface area contributed by atoms with E-state index < -0.39 is 0 Å². The van der Waals surface area contributed by atoms with Crippen molar-refractivity contribution in [2.45, 2.75) is 105 Å². The van der Waals surface area contributed by atoms with Crippen molar-refractivity contribution in [3.8, 4) is 23.0 Å². The van der Waals surface area contributed by atoms with E-state index in [4.69, 9.17) is 18.9 Å². The molecule has 0 bridgehead atoms. The fourth-order valence-corrected chi connectivity index (χ4v) is 4.05. The second-order valence-corrected chi connectivity index (χ2v) is 9.79. The molecule has 0 fully saturated rings. The summed E-state index contributed by atoms with van der Waals surface area (Å²) < 4.78 is 24.5. The zero-order valence-electron chi connectivity index (χ0n) is 24.5. The van der Waals surface area contributed by atoms with Gasteiger partial charge in [0.15, 0.2) is 17.3 Å². The zero-order chi connectivity index (χ0) is 27.6. The van der Waals surface area contributed by atoms with Gasteiger partial charge in [0, 0.05) is 6.42 Å². The molecule has 0 aliphatic heterocycles. The number of unbranched alkanes of at least 4 members (excludes halogenated alkanes) is 4. The maximum atomic E-state index is 13.9. The van der Waals surface area contributed by atoms with Crippen LogP contribution in [0, 0.1) is 0 Å². The molecule has 38 heavy (non-hydrogen) atoms. The van der Waals surface area contributed by atoms with Crippen LogP contribution < -0.4 is 18.9 Å². The zero-order valence-corrected chi connectivity index (χ0v) is 24.5. The molecule has 0 radical (unpaired) electrons. The molecule has 0 amide bonds. The minimum atomic E-state index is 0.00495. The number of ether oxygens (including phenoxy) is 4. The first-order chi connectivity index (χ1) is 18.6. The normalized spacial score (nSPS) is 10.9. The Balaban J connectivity index is 2.38. The minimum absolute atomic E-state index is 0.00495. The van der Waals surface area contributed by atoms with Gasteiger partial charge in [-0.15, -0.1) is 0 Å². The molecule has 0 spiro atoms. The van der Waals surface area contributed by atoms with Gasteiger partial charge in [0.2, 0.25) is 0 Å². The molecule has 0 saturated carbocycles. The first-order valence-electron chi connectivity index (χ1n) is 14.9. The molecular formula is C33H50O5. The topological polar surface area (TPSA) is 54.0 Å². The van der Waals surface area contributed by atoms with Gasteiger partial charge in [-0.05, 0) is 67.9 Å². The van der Waals surface area contributed by atoms with E-state index in [9.17, 15) is 4.79 Å². The first kappa shape index (κ1) is 31.5. The van der Waals surface area contributed by atoms with Crippen LogP contribution in [0.25, 0.3) is 0 Å². The molecule has 0 heterocycles. The van der Waals surface area contributed by atoms with E-state index >= 15 is 0 Å². The highest BCUT2D eigenvalue weighted by Crippen LogP contribution is 2.39. The minimum Gasteiger partial charge on any atom is -0.493 e. The highest BCUT2D eigenvalue weighted by Gasteiger charge is 2.24. The van der Waals surface area contributed by atoms with E-state index in [-0.39, 0.29) is 5.78 Å². The maximum absolute atomic E-state index is 13.9. The summed E-state index contributed by atoms with van der Waals surface area (Å²) in [5.41, 5.74) is 2.83. The molecule has 212 valence electrons. The molecule has 2 aromatic carbocycles. The van der Waals surface area contributed by atoms with Crippen molar-refractivity contribution in [2.24, 2.45) is 0 Å². The van der Waals surface area contributed by atoms with Crippen LogP contribution in [0.4, 0.5) is 0 Å². The molecule has 0 unspecified atom stereocenters. The van der Waals surface area contributed by atoms with E-state index in [0.717, 1.165) is 69.1 Å². The predicted molar refractivity (Wildman–Crippen MR) is 157 cm³/mol. The van der Waals surface area contributed by atoms with E-state index in [1.54, 1.807) is 0 Å². The van der Waals surface area contributed by atoms with Crippen LogP contribution in [0.1, 0.15) is 114 Å². The van der Waals surface area contributed by atoms with Crippen molar-refractivity contribution in [2.75, 3.05) is 26.4 Å². The van der Waals surface area contributed by atoms with Crippen molar-refractivity contribution in [3.63, 3.8) is 0 Å². The van der Waals surface area contributed by atoms with Crippen LogP contribution >= 0.6 is 0 Å². The first-order valence-corrected chi connectivity index (χ1v) is 14.9. The summed E-state index contributed by atoms with van der Waals surface area (Å²) >= 11 is 0. The highest BCUT2D eigenvalue weighted by molar-refractivity contribution is 6.02. The number of rotatable bonds is 21. The van der Waals surface area contributed by atoms with Gasteiger partial charge in [0.1, 0.15) is 17.1 Å². The van der Waals surface area contributed by atoms with Gasteiger partial charge in [-0.1, -0.05) is 72.4 Å². The summed E-state index contributed by atoms with van der Waals surface area (Å²) in [5.74, 6) is 2.61. The van der Waals surface area contributed by atoms with Gasteiger partial charge in [-0.3, -0.25) is 4.79 Å². The summed E-state index contributed by atoms with van der Waals surface area (Å²) in [5, 5.41) is 0. The van der Waals surface area contributed by atoms with E-state index in [1.165, 1.54) is 5.56 Å². The Morgan fingerprint density at radius 1 is 0.632 bits per heavy atom. The summed E-state index contributed by atoms with van der Waals surface area (Å²) in [4.78, 5) is 13.9. The summed E-state index contributed by atoms with van der Waals surface area (Å²) in [6.07, 6.45) is 9.82. The Bertz CT molecular complexity index is 953. The Morgan fingerprint density at radius 2 is 1.13 bits per heavy atom. The van der Waals surface area contributed by atoms with Crippen LogP contribution in [0.3, 0.4) is 0 Å². The third-order valence-electron chi connectivity index (χ3n) is 6.53. The third-order valence-corrected chi connectivity index (χ3v) is 6.53. The third kappa shape index (κ3) is 10.2. The summed E-state index contributed by atoms with van der Waals surface area (Å²) in [6, 6.07) is 10.1. The predicted octanol–water partition coefficient (Wildman–Crippen LogP) is 8.78. The lowest BCUT2D eigenvalue weighted by molar-refractivity contribution is 0.0972. The Kier molecular flexibility index (Phi) is 15.4. The second-order valence-electron chi connectivity index (χ2n) is 9.79. The molecule has 0 saturated heterocycles. The SMILES string of the molecule is CCCCOc1ccc(CC)cc1CCC(=O)c1c(OCCCC)ccc(OCCCC)c1OCCCC. The van der Waals surface area contributed by atoms with E-state index in [2.05, 4.69) is 52.8 Å². The number of hydrogen-bond acceptors (Lipinski definition) is 5. The fourth-order valence-electron chi connectivity index (χ4n) is 4.05. The van der Waals surface area contributed by atoms with Crippen LogP contribution in [-0.4, -0.2) is 32.2 Å². The van der Waals surface area contributed by atoms with Crippen LogP contribution in [0.2, 0.25) is 0 Å². The largest absolute Gasteiger partial charge is 0.493 e. The van der Waals surface area contributed by atoms with Crippen LogP contribution in [-0.2, 0) is 12.8 Å². The van der Waals surface area contributed by atoms with Crippen LogP contribution in [0.15, 0.2) is 30.3 Å². The lowest BCUT2D eigenvalue weighted by Gasteiger charge is -2.19. The molecule has 0 aliphatic carbocycles. The monoisotopic (exact) mass is 526 g/mol. The van der Waals surface area contributed by atoms with Gasteiger partial charge in [0.25, 0.3) is 0 Å². The van der Waals surface area contributed by atoms with Gasteiger partial charge >= 0.3 is 0 Å². The molecule has 0 aliphatic rings. The summed E-state index contributed by atoms with van der Waals surface area (Å²) in [6.45, 7) is 13.1. The number of ketones is 1. The number of aryl methyl sites for hydroxylation is 2. The lowest BCUT2D eigenvalue weighted by Crippen LogP contribution is -2.12. The van der Waals surface area contributed by atoms with Crippen molar-refractivity contribution < 1.29 is 23.7 Å². The van der Waals surface area contributed by atoms with Crippen molar-refractivity contribution >= 4 is 5.78 Å². The van der Waals surface area contributed by atoms with Crippen molar-refractivity contribution in [3.05, 3.63) is 47.0 Å². The molecule has 2 rings (SSSR count). The van der Waals surface area contributed by atoms with Crippen LogP contribution in [0.5, 0.6) is 23.0 Å². The number of carbonyl (C=O) groups is 1. The number of benzene rings is 2. The molecule has 0 aromatic heterocycles. The lowest BCUT2D eigenvalue weighted by atomic mass is 9.98. The van der Waals surface area contributed by atoms with Gasteiger partial charge in [-0.2, -0.15) is 0 Å². The molecule has 0 atom stereocenters. The maximum Gasteiger partial charge on any atom is 0.175 e. The average Bonchev–Trinajstić information content (AvgIpc) is 2.93. The van der Waals surface area contributed by atoms with Crippen molar-refractivity contribution in [1.29, 1.82) is 0 Å². The number of carbonyl (C=O) groups excluding carboxylic acids is 1. The highest BCUT2D eigenvalue weighted by atomic mass is 16.5. The van der Waals surface area contributed by atoms with E-state index in [0.29, 0.717) is 62.1 Å². The fraction of sp³-hybridized carbons (Fsp3) is 0.606. The van der Waals surface area contributed by atoms with E-state index in [1.807, 2.05) is 12.1 Å². The smallest absolute Gasteiger partial charge is 0.175 e.